The minimum absolute atomic E-state index is 0.158. The molecule has 10 nitrogen and oxygen atoms in total. The highest BCUT2D eigenvalue weighted by atomic mass is 35.5. The number of halogens is 1. The van der Waals surface area contributed by atoms with E-state index in [1.165, 1.54) is 5.69 Å². The zero-order valence-corrected chi connectivity index (χ0v) is 23.2. The maximum Gasteiger partial charge on any atom is 0.229 e. The minimum Gasteiger partial charge on any atom is -0.369 e. The summed E-state index contributed by atoms with van der Waals surface area (Å²) < 4.78 is 2.08. The third-order valence-electron chi connectivity index (χ3n) is 7.52. The van der Waals surface area contributed by atoms with Gasteiger partial charge in [-0.05, 0) is 50.2 Å². The van der Waals surface area contributed by atoms with Crippen LogP contribution in [0.1, 0.15) is 19.9 Å². The van der Waals surface area contributed by atoms with Crippen LogP contribution < -0.4 is 15.5 Å². The first-order chi connectivity index (χ1) is 19.1. The molecule has 2 aliphatic rings. The van der Waals surface area contributed by atoms with Crippen molar-refractivity contribution in [2.45, 2.75) is 25.9 Å². The number of aromatic nitrogens is 5. The number of benzene rings is 1. The van der Waals surface area contributed by atoms with Crippen LogP contribution >= 0.6 is 11.6 Å². The molecule has 1 aromatic carbocycles. The van der Waals surface area contributed by atoms with Crippen LogP contribution in [-0.2, 0) is 0 Å². The Morgan fingerprint density at radius 2 is 1.74 bits per heavy atom. The number of pyridine rings is 1. The Kier molecular flexibility index (Phi) is 7.49. The van der Waals surface area contributed by atoms with E-state index in [-0.39, 0.29) is 6.04 Å². The molecule has 0 saturated carbocycles. The number of fused-ring (bicyclic) bond motifs is 1. The average molecular weight is 547 g/mol. The number of likely N-dealkylation sites (tertiary alicyclic amines) is 1. The second-order valence-corrected chi connectivity index (χ2v) is 10.8. The van der Waals surface area contributed by atoms with Gasteiger partial charge in [-0.25, -0.2) is 9.97 Å². The molecule has 0 unspecified atom stereocenters. The highest BCUT2D eigenvalue weighted by Gasteiger charge is 2.32. The van der Waals surface area contributed by atoms with Crippen LogP contribution in [0.3, 0.4) is 0 Å². The maximum atomic E-state index is 5.87. The van der Waals surface area contributed by atoms with Gasteiger partial charge in [0.15, 0.2) is 5.65 Å². The average Bonchev–Trinajstić information content (AvgIpc) is 3.29. The summed E-state index contributed by atoms with van der Waals surface area (Å²) in [5.41, 5.74) is 4.59. The van der Waals surface area contributed by atoms with Crippen LogP contribution in [0.2, 0.25) is 0 Å². The van der Waals surface area contributed by atoms with Crippen LogP contribution in [0.25, 0.3) is 11.2 Å². The molecule has 0 atom stereocenters. The van der Waals surface area contributed by atoms with Gasteiger partial charge in [0, 0.05) is 81.3 Å². The van der Waals surface area contributed by atoms with Gasteiger partial charge in [-0.1, -0.05) is 0 Å². The van der Waals surface area contributed by atoms with Crippen molar-refractivity contribution in [2.75, 3.05) is 67.2 Å². The Hall–Kier alpha value is -3.47. The van der Waals surface area contributed by atoms with E-state index in [9.17, 15) is 0 Å². The smallest absolute Gasteiger partial charge is 0.229 e. The molecule has 0 amide bonds. The van der Waals surface area contributed by atoms with Gasteiger partial charge in [0.1, 0.15) is 5.52 Å². The molecule has 3 aromatic heterocycles. The molecule has 2 saturated heterocycles. The molecular weight excluding hydrogens is 512 g/mol. The Bertz CT molecular complexity index is 1380. The molecule has 0 spiro atoms. The molecule has 0 radical (unpaired) electrons. The summed E-state index contributed by atoms with van der Waals surface area (Å²) >= 11 is 5.87. The van der Waals surface area contributed by atoms with Crippen LogP contribution in [0.5, 0.6) is 0 Å². The zero-order chi connectivity index (χ0) is 26.8. The lowest BCUT2D eigenvalue weighted by atomic mass is 10.1. The summed E-state index contributed by atoms with van der Waals surface area (Å²) in [6, 6.07) is 13.3. The number of imidazole rings is 1. The number of rotatable bonds is 9. The Morgan fingerprint density at radius 1 is 0.949 bits per heavy atom. The topological polar surface area (TPSA) is 90.3 Å². The fourth-order valence-electron chi connectivity index (χ4n) is 5.40. The monoisotopic (exact) mass is 546 g/mol. The molecule has 2 N–H and O–H groups in total. The van der Waals surface area contributed by atoms with Crippen molar-refractivity contribution in [3.63, 3.8) is 0 Å². The van der Waals surface area contributed by atoms with E-state index in [4.69, 9.17) is 21.6 Å². The van der Waals surface area contributed by atoms with Crippen LogP contribution in [0, 0.1) is 0 Å². The van der Waals surface area contributed by atoms with Gasteiger partial charge in [-0.15, -0.1) is 11.6 Å². The molecular formula is C28H35ClN10. The second kappa shape index (κ2) is 11.3. The van der Waals surface area contributed by atoms with Crippen LogP contribution in [0.4, 0.5) is 29.0 Å². The Labute approximate surface area is 234 Å². The summed E-state index contributed by atoms with van der Waals surface area (Å²) in [7, 11) is 0. The minimum atomic E-state index is 0.158. The fraction of sp³-hybridized carbons (Fsp3) is 0.429. The van der Waals surface area contributed by atoms with Crippen molar-refractivity contribution >= 4 is 51.7 Å². The molecule has 4 aromatic rings. The highest BCUT2D eigenvalue weighted by Crippen LogP contribution is 2.27. The van der Waals surface area contributed by atoms with Crippen molar-refractivity contribution in [3.8, 4) is 0 Å². The van der Waals surface area contributed by atoms with Gasteiger partial charge >= 0.3 is 0 Å². The van der Waals surface area contributed by atoms with Crippen LogP contribution in [0.15, 0.2) is 55.0 Å². The number of hydrogen-bond acceptors (Lipinski definition) is 9. The van der Waals surface area contributed by atoms with E-state index in [1.807, 2.05) is 12.1 Å². The van der Waals surface area contributed by atoms with Crippen molar-refractivity contribution in [1.82, 2.24) is 34.3 Å². The summed E-state index contributed by atoms with van der Waals surface area (Å²) in [5.74, 6) is 1.98. The van der Waals surface area contributed by atoms with E-state index in [0.717, 1.165) is 74.2 Å². The molecule has 2 aliphatic heterocycles. The number of hydrogen-bond donors (Lipinski definition) is 2. The predicted molar refractivity (Wildman–Crippen MR) is 158 cm³/mol. The molecule has 0 bridgehead atoms. The molecule has 6 rings (SSSR count). The van der Waals surface area contributed by atoms with Gasteiger partial charge in [0.2, 0.25) is 11.9 Å². The number of nitrogens with zero attached hydrogens (tertiary/aromatic N) is 8. The molecule has 39 heavy (non-hydrogen) atoms. The number of piperazine rings is 1. The Morgan fingerprint density at radius 3 is 2.44 bits per heavy atom. The SMILES string of the molecule is CC(C)n1c(Nc2cccnc2)nc2cnc(Nc3ccc(N4CCN(C5CN(CCCl)C5)CC4)cc3)nc21. The van der Waals surface area contributed by atoms with Gasteiger partial charge < -0.3 is 15.5 Å². The first-order valence-electron chi connectivity index (χ1n) is 13.6. The fourth-order valence-corrected chi connectivity index (χ4v) is 5.64. The third-order valence-corrected chi connectivity index (χ3v) is 7.69. The van der Waals surface area contributed by atoms with Crippen molar-refractivity contribution < 1.29 is 0 Å². The first-order valence-corrected chi connectivity index (χ1v) is 14.2. The molecule has 2 fully saturated rings. The normalized spacial score (nSPS) is 17.1. The predicted octanol–water partition coefficient (Wildman–Crippen LogP) is 4.33. The summed E-state index contributed by atoms with van der Waals surface area (Å²) in [6.45, 7) is 11.9. The van der Waals surface area contributed by atoms with Gasteiger partial charge in [-0.3, -0.25) is 19.4 Å². The summed E-state index contributed by atoms with van der Waals surface area (Å²) in [5, 5.41) is 6.73. The molecule has 5 heterocycles. The lowest BCUT2D eigenvalue weighted by molar-refractivity contribution is 0.0351. The molecule has 11 heteroatoms. The molecule has 0 aliphatic carbocycles. The number of anilines is 5. The van der Waals surface area contributed by atoms with Crippen LogP contribution in [-0.4, -0.2) is 92.0 Å². The van der Waals surface area contributed by atoms with E-state index >= 15 is 0 Å². The quantitative estimate of drug-likeness (QED) is 0.298. The Balaban J connectivity index is 1.10. The molecule has 204 valence electrons. The maximum absolute atomic E-state index is 5.87. The lowest BCUT2D eigenvalue weighted by Crippen LogP contribution is -2.63. The second-order valence-electron chi connectivity index (χ2n) is 10.5. The standard InChI is InChI=1S/C28H35ClN10/c1-20(2)39-26-25(34-28(39)33-22-4-3-10-30-16-22)17-31-27(35-26)32-21-5-7-23(8-6-21)37-12-14-38(15-13-37)24-18-36(19-24)11-9-29/h3-8,10,16-17,20,24H,9,11-15,18-19H2,1-2H3,(H,33,34)(H,31,32,35). The number of alkyl halides is 1. The van der Waals surface area contributed by atoms with Gasteiger partial charge in [0.05, 0.1) is 18.1 Å². The van der Waals surface area contributed by atoms with Gasteiger partial charge in [-0.2, -0.15) is 4.98 Å². The number of nitrogens with one attached hydrogen (secondary N) is 2. The van der Waals surface area contributed by atoms with E-state index in [1.54, 1.807) is 18.6 Å². The lowest BCUT2D eigenvalue weighted by Gasteiger charge is -2.48. The first kappa shape index (κ1) is 25.8. The van der Waals surface area contributed by atoms with Crippen molar-refractivity contribution in [2.24, 2.45) is 0 Å². The third kappa shape index (κ3) is 5.63. The largest absolute Gasteiger partial charge is 0.369 e. The van der Waals surface area contributed by atoms with Crippen molar-refractivity contribution in [3.05, 3.63) is 55.0 Å². The summed E-state index contributed by atoms with van der Waals surface area (Å²) in [4.78, 5) is 25.8. The van der Waals surface area contributed by atoms with E-state index < -0.39 is 0 Å². The zero-order valence-electron chi connectivity index (χ0n) is 22.5. The summed E-state index contributed by atoms with van der Waals surface area (Å²) in [6.07, 6.45) is 5.29. The highest BCUT2D eigenvalue weighted by molar-refractivity contribution is 6.18. The van der Waals surface area contributed by atoms with Crippen molar-refractivity contribution in [1.29, 1.82) is 0 Å². The van der Waals surface area contributed by atoms with E-state index in [0.29, 0.717) is 17.9 Å². The van der Waals surface area contributed by atoms with Gasteiger partial charge in [0.25, 0.3) is 0 Å². The van der Waals surface area contributed by atoms with E-state index in [2.05, 4.69) is 78.0 Å².